The van der Waals surface area contributed by atoms with Gasteiger partial charge in [0.05, 0.1) is 16.7 Å². The molecule has 0 radical (unpaired) electrons. The molecule has 94 valence electrons. The van der Waals surface area contributed by atoms with E-state index in [4.69, 9.17) is 0 Å². The second kappa shape index (κ2) is 5.77. The van der Waals surface area contributed by atoms with Gasteiger partial charge in [-0.1, -0.05) is 6.07 Å². The number of aromatic nitrogens is 3. The second-order valence-corrected chi connectivity index (χ2v) is 4.54. The van der Waals surface area contributed by atoms with Crippen molar-refractivity contribution >= 4 is 21.8 Å². The summed E-state index contributed by atoms with van der Waals surface area (Å²) >= 11 is 3.32. The molecule has 0 atom stereocenters. The quantitative estimate of drug-likeness (QED) is 0.939. The van der Waals surface area contributed by atoms with Crippen LogP contribution in [0.25, 0.3) is 0 Å². The molecule has 0 saturated heterocycles. The summed E-state index contributed by atoms with van der Waals surface area (Å²) in [5, 5.41) is 6.96. The summed E-state index contributed by atoms with van der Waals surface area (Å²) in [4.78, 5) is 16.1. The molecule has 0 unspecified atom stereocenters. The van der Waals surface area contributed by atoms with Crippen molar-refractivity contribution in [2.45, 2.75) is 20.0 Å². The number of nitrogens with one attached hydrogen (secondary N) is 1. The molecule has 0 saturated carbocycles. The Kier molecular flexibility index (Phi) is 4.09. The van der Waals surface area contributed by atoms with Crippen molar-refractivity contribution in [3.63, 3.8) is 0 Å². The van der Waals surface area contributed by atoms with Gasteiger partial charge in [-0.15, -0.1) is 0 Å². The van der Waals surface area contributed by atoms with Crippen LogP contribution in [0.15, 0.2) is 35.1 Å². The average molecular weight is 309 g/mol. The monoisotopic (exact) mass is 308 g/mol. The molecule has 1 N–H and O–H groups in total. The summed E-state index contributed by atoms with van der Waals surface area (Å²) in [5.41, 5.74) is 1.21. The Morgan fingerprint density at radius 1 is 1.50 bits per heavy atom. The second-order valence-electron chi connectivity index (χ2n) is 3.69. The van der Waals surface area contributed by atoms with Gasteiger partial charge in [0, 0.05) is 18.9 Å². The fraction of sp³-hybridized carbons (Fsp3) is 0.250. The molecular weight excluding hydrogens is 296 g/mol. The van der Waals surface area contributed by atoms with E-state index in [1.165, 1.54) is 0 Å². The molecule has 2 aromatic rings. The van der Waals surface area contributed by atoms with Crippen LogP contribution in [0.2, 0.25) is 0 Å². The smallest absolute Gasteiger partial charge is 0.273 e. The first-order chi connectivity index (χ1) is 8.70. The molecule has 2 heterocycles. The molecule has 2 aromatic heterocycles. The zero-order valence-electron chi connectivity index (χ0n) is 9.93. The number of amides is 1. The molecule has 0 fully saturated rings. The lowest BCUT2D eigenvalue weighted by Gasteiger charge is -2.02. The number of hydrogen-bond donors (Lipinski definition) is 1. The van der Waals surface area contributed by atoms with Crippen molar-refractivity contribution in [1.82, 2.24) is 20.1 Å². The van der Waals surface area contributed by atoms with Crippen LogP contribution in [0.5, 0.6) is 0 Å². The zero-order valence-corrected chi connectivity index (χ0v) is 11.5. The lowest BCUT2D eigenvalue weighted by molar-refractivity contribution is 0.0944. The van der Waals surface area contributed by atoms with Gasteiger partial charge in [-0.25, -0.2) is 0 Å². The van der Waals surface area contributed by atoms with Crippen molar-refractivity contribution in [2.75, 3.05) is 0 Å². The van der Waals surface area contributed by atoms with Crippen molar-refractivity contribution in [3.8, 4) is 0 Å². The maximum Gasteiger partial charge on any atom is 0.273 e. The van der Waals surface area contributed by atoms with Crippen LogP contribution >= 0.6 is 15.9 Å². The van der Waals surface area contributed by atoms with Crippen LogP contribution in [0, 0.1) is 0 Å². The van der Waals surface area contributed by atoms with Crippen molar-refractivity contribution < 1.29 is 4.79 Å². The minimum absolute atomic E-state index is 0.209. The van der Waals surface area contributed by atoms with E-state index in [9.17, 15) is 4.79 Å². The van der Waals surface area contributed by atoms with Crippen molar-refractivity contribution in [1.29, 1.82) is 0 Å². The summed E-state index contributed by atoms with van der Waals surface area (Å²) in [6, 6.07) is 5.58. The van der Waals surface area contributed by atoms with Gasteiger partial charge in [0.25, 0.3) is 5.91 Å². The van der Waals surface area contributed by atoms with Crippen molar-refractivity contribution in [2.24, 2.45) is 0 Å². The van der Waals surface area contributed by atoms with E-state index < -0.39 is 0 Å². The third-order valence-corrected chi connectivity index (χ3v) is 2.99. The van der Waals surface area contributed by atoms with E-state index in [1.807, 2.05) is 25.1 Å². The number of rotatable bonds is 4. The highest BCUT2D eigenvalue weighted by molar-refractivity contribution is 9.10. The molecular formula is C12H13BrN4O. The van der Waals surface area contributed by atoms with E-state index >= 15 is 0 Å². The summed E-state index contributed by atoms with van der Waals surface area (Å²) in [5.74, 6) is -0.209. The highest BCUT2D eigenvalue weighted by atomic mass is 79.9. The first-order valence-electron chi connectivity index (χ1n) is 5.61. The fourth-order valence-electron chi connectivity index (χ4n) is 1.47. The molecule has 0 bridgehead atoms. The summed E-state index contributed by atoms with van der Waals surface area (Å²) in [6.07, 6.45) is 3.49. The Balaban J connectivity index is 2.01. The van der Waals surface area contributed by atoms with Gasteiger partial charge < -0.3 is 5.32 Å². The first-order valence-corrected chi connectivity index (χ1v) is 6.41. The van der Waals surface area contributed by atoms with E-state index in [2.05, 4.69) is 31.3 Å². The molecule has 6 heteroatoms. The lowest BCUT2D eigenvalue weighted by Crippen LogP contribution is -2.24. The minimum atomic E-state index is -0.209. The Morgan fingerprint density at radius 3 is 2.94 bits per heavy atom. The van der Waals surface area contributed by atoms with E-state index in [0.717, 1.165) is 12.2 Å². The standard InChI is InChI=1S/C12H13BrN4O/c1-2-17-8-10(13)11(16-17)12(18)15-7-9-5-3-4-6-14-9/h3-6,8H,2,7H2,1H3,(H,15,18). The molecule has 5 nitrogen and oxygen atoms in total. The Labute approximate surface area is 113 Å². The average Bonchev–Trinajstić information content (AvgIpc) is 2.78. The molecule has 0 spiro atoms. The molecule has 0 aliphatic rings. The van der Waals surface area contributed by atoms with Crippen LogP contribution in [-0.2, 0) is 13.1 Å². The highest BCUT2D eigenvalue weighted by Gasteiger charge is 2.14. The minimum Gasteiger partial charge on any atom is -0.345 e. The normalized spacial score (nSPS) is 10.3. The van der Waals surface area contributed by atoms with Crippen LogP contribution in [0.4, 0.5) is 0 Å². The number of pyridine rings is 1. The third kappa shape index (κ3) is 2.95. The van der Waals surface area contributed by atoms with Gasteiger partial charge in [0.2, 0.25) is 0 Å². The van der Waals surface area contributed by atoms with Gasteiger partial charge in [-0.3, -0.25) is 14.5 Å². The van der Waals surface area contributed by atoms with E-state index in [-0.39, 0.29) is 5.91 Å². The van der Waals surface area contributed by atoms with Crippen molar-refractivity contribution in [3.05, 3.63) is 46.5 Å². The fourth-order valence-corrected chi connectivity index (χ4v) is 1.97. The lowest BCUT2D eigenvalue weighted by atomic mass is 10.3. The van der Waals surface area contributed by atoms with Crippen LogP contribution in [-0.4, -0.2) is 20.7 Å². The van der Waals surface area contributed by atoms with E-state index in [0.29, 0.717) is 16.7 Å². The van der Waals surface area contributed by atoms with Gasteiger partial charge in [0.15, 0.2) is 5.69 Å². The number of nitrogens with zero attached hydrogens (tertiary/aromatic N) is 3. The van der Waals surface area contributed by atoms with Crippen LogP contribution < -0.4 is 5.32 Å². The van der Waals surface area contributed by atoms with Gasteiger partial charge in [-0.05, 0) is 35.0 Å². The molecule has 0 aromatic carbocycles. The first kappa shape index (κ1) is 12.8. The SMILES string of the molecule is CCn1cc(Br)c(C(=O)NCc2ccccn2)n1. The highest BCUT2D eigenvalue weighted by Crippen LogP contribution is 2.14. The summed E-state index contributed by atoms with van der Waals surface area (Å²) < 4.78 is 2.41. The molecule has 1 amide bonds. The van der Waals surface area contributed by atoms with Gasteiger partial charge in [-0.2, -0.15) is 5.10 Å². The third-order valence-electron chi connectivity index (χ3n) is 2.41. The maximum atomic E-state index is 11.9. The predicted octanol–water partition coefficient (Wildman–Crippen LogP) is 1.99. The number of hydrogen-bond acceptors (Lipinski definition) is 3. The number of carbonyl (C=O) groups excluding carboxylic acids is 1. The zero-order chi connectivity index (χ0) is 13.0. The van der Waals surface area contributed by atoms with Crippen LogP contribution in [0.3, 0.4) is 0 Å². The molecule has 0 aliphatic carbocycles. The molecule has 2 rings (SSSR count). The molecule has 18 heavy (non-hydrogen) atoms. The maximum absolute atomic E-state index is 11.9. The summed E-state index contributed by atoms with van der Waals surface area (Å²) in [6.45, 7) is 3.09. The topological polar surface area (TPSA) is 59.8 Å². The number of aryl methyl sites for hydroxylation is 1. The largest absolute Gasteiger partial charge is 0.345 e. The number of halogens is 1. The number of carbonyl (C=O) groups is 1. The van der Waals surface area contributed by atoms with Gasteiger partial charge in [0.1, 0.15) is 0 Å². The Morgan fingerprint density at radius 2 is 2.33 bits per heavy atom. The van der Waals surface area contributed by atoms with Crippen LogP contribution in [0.1, 0.15) is 23.1 Å². The predicted molar refractivity (Wildman–Crippen MR) is 71.0 cm³/mol. The summed E-state index contributed by atoms with van der Waals surface area (Å²) in [7, 11) is 0. The Bertz CT molecular complexity index is 538. The Hall–Kier alpha value is -1.69. The molecule has 0 aliphatic heterocycles. The van der Waals surface area contributed by atoms with E-state index in [1.54, 1.807) is 17.1 Å². The van der Waals surface area contributed by atoms with Gasteiger partial charge >= 0.3 is 0 Å².